The zero-order chi connectivity index (χ0) is 41.0. The number of ether oxygens (including phenoxy) is 5. The summed E-state index contributed by atoms with van der Waals surface area (Å²) in [6.45, 7) is 16.2. The third-order valence-electron chi connectivity index (χ3n) is 9.91. The number of hydrogen-bond acceptors (Lipinski definition) is 11. The van der Waals surface area contributed by atoms with Crippen LogP contribution in [0.2, 0.25) is 0 Å². The first kappa shape index (κ1) is 45.0. The first-order valence-electron chi connectivity index (χ1n) is 19.0. The van der Waals surface area contributed by atoms with Crippen molar-refractivity contribution in [2.45, 2.75) is 47.0 Å². The highest BCUT2D eigenvalue weighted by Crippen LogP contribution is 2.30. The number of esters is 4. The summed E-state index contributed by atoms with van der Waals surface area (Å²) in [6, 6.07) is 23.4. The molecule has 0 aliphatic carbocycles. The molecular formula is C45H55NO10. The van der Waals surface area contributed by atoms with Crippen LogP contribution in [-0.2, 0) is 38.1 Å². The van der Waals surface area contributed by atoms with Gasteiger partial charge in [-0.25, -0.2) is 14.4 Å². The number of rotatable bonds is 25. The number of nitrogens with zero attached hydrogens (tertiary/aromatic N) is 1. The largest absolute Gasteiger partial charge is 0.465 e. The van der Waals surface area contributed by atoms with Crippen LogP contribution in [0.3, 0.4) is 0 Å². The fraction of sp³-hybridized carbons (Fsp3) is 0.400. The number of carbonyl (C=O) groups excluding carboxylic acids is 5. The van der Waals surface area contributed by atoms with Crippen LogP contribution in [0.5, 0.6) is 0 Å². The van der Waals surface area contributed by atoms with Crippen molar-refractivity contribution in [1.29, 1.82) is 0 Å². The third-order valence-corrected chi connectivity index (χ3v) is 9.91. The van der Waals surface area contributed by atoms with Crippen molar-refractivity contribution >= 4 is 29.7 Å². The summed E-state index contributed by atoms with van der Waals surface area (Å²) in [6.07, 6.45) is 3.05. The van der Waals surface area contributed by atoms with Crippen LogP contribution in [0.4, 0.5) is 0 Å². The summed E-state index contributed by atoms with van der Waals surface area (Å²) in [4.78, 5) is 66.5. The van der Waals surface area contributed by atoms with Crippen LogP contribution < -0.4 is 0 Å². The van der Waals surface area contributed by atoms with E-state index in [4.69, 9.17) is 23.7 Å². The molecule has 0 fully saturated rings. The van der Waals surface area contributed by atoms with Crippen molar-refractivity contribution in [2.75, 3.05) is 59.3 Å². The molecule has 2 atom stereocenters. The highest BCUT2D eigenvalue weighted by Gasteiger charge is 2.37. The SMILES string of the molecule is C=CC(=O)OCC(CC)(COCC(CC)(COC(=O)C=C)COC(=O)c1ccccc1C(=O)c1ccc(-c2ccccc2)cc1)COC(=O)CCN(CC)CC. The van der Waals surface area contributed by atoms with E-state index >= 15 is 0 Å². The quantitative estimate of drug-likeness (QED) is 0.0372. The fourth-order valence-corrected chi connectivity index (χ4v) is 5.76. The van der Waals surface area contributed by atoms with Gasteiger partial charge in [0.25, 0.3) is 0 Å². The minimum Gasteiger partial charge on any atom is -0.465 e. The molecule has 0 aromatic heterocycles. The minimum atomic E-state index is -1.03. The topological polar surface area (TPSA) is 135 Å². The molecule has 0 N–H and O–H groups in total. The lowest BCUT2D eigenvalue weighted by Gasteiger charge is -2.35. The second kappa shape index (κ2) is 22.9. The molecule has 3 aromatic carbocycles. The van der Waals surface area contributed by atoms with Crippen molar-refractivity contribution in [3.8, 4) is 11.1 Å². The lowest BCUT2D eigenvalue weighted by molar-refractivity contribution is -0.158. The second-order valence-corrected chi connectivity index (χ2v) is 13.7. The summed E-state index contributed by atoms with van der Waals surface area (Å²) >= 11 is 0. The van der Waals surface area contributed by atoms with Gasteiger partial charge in [0, 0.05) is 29.8 Å². The van der Waals surface area contributed by atoms with Gasteiger partial charge in [0.2, 0.25) is 0 Å². The Balaban J connectivity index is 1.78. The van der Waals surface area contributed by atoms with Crippen LogP contribution in [-0.4, -0.2) is 93.8 Å². The average Bonchev–Trinajstić information content (AvgIpc) is 3.25. The summed E-state index contributed by atoms with van der Waals surface area (Å²) in [5, 5.41) is 0. The van der Waals surface area contributed by atoms with Gasteiger partial charge in [-0.05, 0) is 43.1 Å². The van der Waals surface area contributed by atoms with E-state index in [9.17, 15) is 24.0 Å². The molecule has 0 amide bonds. The van der Waals surface area contributed by atoms with Gasteiger partial charge < -0.3 is 28.6 Å². The smallest absolute Gasteiger partial charge is 0.338 e. The summed E-state index contributed by atoms with van der Waals surface area (Å²) in [5.74, 6) is -2.77. The molecule has 0 radical (unpaired) electrons. The molecule has 3 rings (SSSR count). The third kappa shape index (κ3) is 13.4. The zero-order valence-electron chi connectivity index (χ0n) is 33.1. The van der Waals surface area contributed by atoms with Crippen molar-refractivity contribution < 1.29 is 47.7 Å². The highest BCUT2D eigenvalue weighted by molar-refractivity contribution is 6.14. The van der Waals surface area contributed by atoms with E-state index in [1.165, 1.54) is 6.07 Å². The number of carbonyl (C=O) groups is 5. The molecule has 300 valence electrons. The van der Waals surface area contributed by atoms with Crippen LogP contribution in [0.25, 0.3) is 11.1 Å². The van der Waals surface area contributed by atoms with E-state index in [1.54, 1.807) is 30.3 Å². The van der Waals surface area contributed by atoms with E-state index < -0.39 is 28.7 Å². The normalized spacial score (nSPS) is 13.1. The van der Waals surface area contributed by atoms with Crippen molar-refractivity contribution in [3.05, 3.63) is 121 Å². The van der Waals surface area contributed by atoms with Crippen LogP contribution in [0, 0.1) is 10.8 Å². The van der Waals surface area contributed by atoms with E-state index in [2.05, 4.69) is 18.1 Å². The lowest BCUT2D eigenvalue weighted by atomic mass is 9.86. The first-order chi connectivity index (χ1) is 27.0. The summed E-state index contributed by atoms with van der Waals surface area (Å²) in [5.41, 5.74) is 0.676. The molecule has 0 heterocycles. The molecule has 11 nitrogen and oxygen atoms in total. The molecule has 0 aliphatic heterocycles. The van der Waals surface area contributed by atoms with Crippen molar-refractivity contribution in [2.24, 2.45) is 10.8 Å². The number of hydrogen-bond donors (Lipinski definition) is 0. The maximum atomic E-state index is 13.7. The molecule has 11 heteroatoms. The molecule has 2 unspecified atom stereocenters. The second-order valence-electron chi connectivity index (χ2n) is 13.7. The average molecular weight is 770 g/mol. The van der Waals surface area contributed by atoms with Gasteiger partial charge >= 0.3 is 23.9 Å². The molecule has 0 spiro atoms. The van der Waals surface area contributed by atoms with Gasteiger partial charge in [0.1, 0.15) is 26.4 Å². The molecule has 0 bridgehead atoms. The molecule has 3 aromatic rings. The Labute approximate surface area is 330 Å². The predicted octanol–water partition coefficient (Wildman–Crippen LogP) is 7.28. The van der Waals surface area contributed by atoms with E-state index in [0.717, 1.165) is 36.4 Å². The predicted molar refractivity (Wildman–Crippen MR) is 214 cm³/mol. The van der Waals surface area contributed by atoms with Gasteiger partial charge in [-0.15, -0.1) is 0 Å². The Morgan fingerprint density at radius 3 is 1.59 bits per heavy atom. The van der Waals surface area contributed by atoms with Gasteiger partial charge in [0.15, 0.2) is 5.78 Å². The molecular weight excluding hydrogens is 714 g/mol. The zero-order valence-corrected chi connectivity index (χ0v) is 33.1. The first-order valence-corrected chi connectivity index (χ1v) is 19.0. The maximum Gasteiger partial charge on any atom is 0.338 e. The summed E-state index contributed by atoms with van der Waals surface area (Å²) in [7, 11) is 0. The Hall–Kier alpha value is -5.39. The van der Waals surface area contributed by atoms with Gasteiger partial charge in [-0.2, -0.15) is 0 Å². The van der Waals surface area contributed by atoms with E-state index in [1.807, 2.05) is 70.2 Å². The van der Waals surface area contributed by atoms with Gasteiger partial charge in [-0.1, -0.05) is 114 Å². The fourth-order valence-electron chi connectivity index (χ4n) is 5.76. The maximum absolute atomic E-state index is 13.7. The van der Waals surface area contributed by atoms with Gasteiger partial charge in [0.05, 0.1) is 36.0 Å². The lowest BCUT2D eigenvalue weighted by Crippen LogP contribution is -2.42. The van der Waals surface area contributed by atoms with Crippen molar-refractivity contribution in [1.82, 2.24) is 4.90 Å². The Bertz CT molecular complexity index is 1770. The number of benzene rings is 3. The number of ketones is 1. The van der Waals surface area contributed by atoms with E-state index in [0.29, 0.717) is 24.9 Å². The molecule has 0 aliphatic rings. The van der Waals surface area contributed by atoms with Crippen LogP contribution in [0.1, 0.15) is 73.2 Å². The molecule has 56 heavy (non-hydrogen) atoms. The summed E-state index contributed by atoms with van der Waals surface area (Å²) < 4.78 is 28.7. The minimum absolute atomic E-state index is 0.0112. The Morgan fingerprint density at radius 1 is 0.589 bits per heavy atom. The van der Waals surface area contributed by atoms with Crippen molar-refractivity contribution in [3.63, 3.8) is 0 Å². The Morgan fingerprint density at radius 2 is 1.07 bits per heavy atom. The highest BCUT2D eigenvalue weighted by atomic mass is 16.6. The van der Waals surface area contributed by atoms with E-state index in [-0.39, 0.29) is 68.9 Å². The molecule has 0 saturated carbocycles. The van der Waals surface area contributed by atoms with Crippen LogP contribution in [0.15, 0.2) is 104 Å². The monoisotopic (exact) mass is 769 g/mol. The standard InChI is InChI=1S/C45H55NO10/c1-7-39(47)53-30-44(9-3,32-55-41(49)26-27-46(11-5)12-6)28-52-29-45(10-4,31-54-40(48)8-2)33-56-43(51)38-21-17-16-20-37(38)42(50)36-24-22-35(23-25-36)34-18-14-13-15-19-34/h7-8,13-25H,1-2,9-12,26-33H2,3-6H3. The van der Waals surface area contributed by atoms with Gasteiger partial charge in [-0.3, -0.25) is 9.59 Å². The Kier molecular flexibility index (Phi) is 18.4. The van der Waals surface area contributed by atoms with Crippen LogP contribution >= 0.6 is 0 Å². The molecule has 0 saturated heterocycles.